The van der Waals surface area contributed by atoms with Gasteiger partial charge in [0.1, 0.15) is 18.1 Å². The molecule has 0 aromatic heterocycles. The molecule has 1 unspecified atom stereocenters. The Kier molecular flexibility index (Phi) is 6.37. The van der Waals surface area contributed by atoms with Crippen molar-refractivity contribution in [3.8, 4) is 0 Å². The van der Waals surface area contributed by atoms with Crippen LogP contribution in [0.2, 0.25) is 0 Å². The molecule has 1 N–H and O–H groups in total. The third-order valence-corrected chi connectivity index (χ3v) is 3.30. The molecule has 0 aliphatic carbocycles. The van der Waals surface area contributed by atoms with Crippen LogP contribution in [0.4, 0.5) is 4.39 Å². The molecule has 2 amide bonds. The van der Waals surface area contributed by atoms with E-state index in [1.807, 2.05) is 0 Å². The van der Waals surface area contributed by atoms with Gasteiger partial charge >= 0.3 is 0 Å². The fourth-order valence-electron chi connectivity index (χ4n) is 2.07. The summed E-state index contributed by atoms with van der Waals surface area (Å²) in [6.45, 7) is 0. The maximum Gasteiger partial charge on any atom is 0.255 e. The predicted octanol–water partition coefficient (Wildman–Crippen LogP) is 0.804. The molecule has 118 valence electrons. The standard InChI is InChI=1S/C15H17FN2O4/c1-17-14(21)13(7-4-8-19)18(2)15(22)10-5-3-6-12(16)11(10)9-20/h3,5-6,8-9,13H,4,7H2,1-2H3,(H,17,21). The van der Waals surface area contributed by atoms with Gasteiger partial charge in [-0.1, -0.05) is 6.07 Å². The van der Waals surface area contributed by atoms with E-state index in [0.29, 0.717) is 6.29 Å². The SMILES string of the molecule is CNC(=O)C(CCC=O)N(C)C(=O)c1cccc(F)c1C=O. The van der Waals surface area contributed by atoms with Crippen LogP contribution in [-0.2, 0) is 9.59 Å². The summed E-state index contributed by atoms with van der Waals surface area (Å²) in [5, 5.41) is 2.41. The Morgan fingerprint density at radius 3 is 2.59 bits per heavy atom. The predicted molar refractivity (Wildman–Crippen MR) is 77.0 cm³/mol. The number of benzene rings is 1. The summed E-state index contributed by atoms with van der Waals surface area (Å²) < 4.78 is 13.6. The van der Waals surface area contributed by atoms with Gasteiger partial charge in [-0.05, 0) is 18.6 Å². The van der Waals surface area contributed by atoms with Crippen LogP contribution in [0, 0.1) is 5.82 Å². The minimum Gasteiger partial charge on any atom is -0.357 e. The molecule has 0 saturated carbocycles. The number of nitrogens with zero attached hydrogens (tertiary/aromatic N) is 1. The molecule has 1 rings (SSSR count). The van der Waals surface area contributed by atoms with Crippen molar-refractivity contribution in [1.29, 1.82) is 0 Å². The van der Waals surface area contributed by atoms with Gasteiger partial charge in [-0.25, -0.2) is 4.39 Å². The second kappa shape index (κ2) is 8.02. The maximum atomic E-state index is 13.6. The molecule has 1 aromatic rings. The zero-order valence-electron chi connectivity index (χ0n) is 12.3. The van der Waals surface area contributed by atoms with E-state index >= 15 is 0 Å². The summed E-state index contributed by atoms with van der Waals surface area (Å²) in [6.07, 6.45) is 1.14. The summed E-state index contributed by atoms with van der Waals surface area (Å²) in [4.78, 5) is 46.9. The quantitative estimate of drug-likeness (QED) is 0.755. The maximum absolute atomic E-state index is 13.6. The number of carbonyl (C=O) groups is 4. The Bertz CT molecular complexity index is 589. The Balaban J connectivity index is 3.13. The third kappa shape index (κ3) is 3.75. The van der Waals surface area contributed by atoms with Gasteiger partial charge in [0.2, 0.25) is 5.91 Å². The van der Waals surface area contributed by atoms with Gasteiger partial charge in [0.25, 0.3) is 5.91 Å². The molecule has 7 heteroatoms. The Morgan fingerprint density at radius 2 is 2.05 bits per heavy atom. The van der Waals surface area contributed by atoms with Crippen LogP contribution in [0.15, 0.2) is 18.2 Å². The van der Waals surface area contributed by atoms with Crippen LogP contribution in [0.3, 0.4) is 0 Å². The van der Waals surface area contributed by atoms with Gasteiger partial charge in [0.05, 0.1) is 11.1 Å². The second-order valence-electron chi connectivity index (χ2n) is 4.61. The van der Waals surface area contributed by atoms with E-state index < -0.39 is 23.7 Å². The summed E-state index contributed by atoms with van der Waals surface area (Å²) >= 11 is 0. The Labute approximate surface area is 127 Å². The molecule has 0 radical (unpaired) electrons. The number of hydrogen-bond donors (Lipinski definition) is 1. The first-order chi connectivity index (χ1) is 10.5. The van der Waals surface area contributed by atoms with Gasteiger partial charge in [0, 0.05) is 20.5 Å². The molecule has 0 heterocycles. The zero-order chi connectivity index (χ0) is 16.7. The molecular weight excluding hydrogens is 291 g/mol. The number of hydrogen-bond acceptors (Lipinski definition) is 4. The lowest BCUT2D eigenvalue weighted by atomic mass is 10.0. The number of nitrogens with one attached hydrogen (secondary N) is 1. The van der Waals surface area contributed by atoms with Gasteiger partial charge in [-0.3, -0.25) is 14.4 Å². The Morgan fingerprint density at radius 1 is 1.36 bits per heavy atom. The summed E-state index contributed by atoms with van der Waals surface area (Å²) in [6, 6.07) is 2.81. The van der Waals surface area contributed by atoms with Crippen LogP contribution < -0.4 is 5.32 Å². The molecule has 22 heavy (non-hydrogen) atoms. The molecule has 0 spiro atoms. The third-order valence-electron chi connectivity index (χ3n) is 3.30. The van der Waals surface area contributed by atoms with Crippen molar-refractivity contribution in [2.45, 2.75) is 18.9 Å². The van der Waals surface area contributed by atoms with Crippen molar-refractivity contribution in [2.24, 2.45) is 0 Å². The van der Waals surface area contributed by atoms with Crippen molar-refractivity contribution in [3.05, 3.63) is 35.1 Å². The number of carbonyl (C=O) groups excluding carboxylic acids is 4. The minimum atomic E-state index is -0.884. The van der Waals surface area contributed by atoms with Crippen molar-refractivity contribution >= 4 is 24.4 Å². The number of aldehydes is 2. The topological polar surface area (TPSA) is 83.6 Å². The molecular formula is C15H17FN2O4. The van der Waals surface area contributed by atoms with Crippen molar-refractivity contribution in [1.82, 2.24) is 10.2 Å². The number of rotatable bonds is 7. The normalized spacial score (nSPS) is 11.4. The van der Waals surface area contributed by atoms with Crippen molar-refractivity contribution in [3.63, 3.8) is 0 Å². The fraction of sp³-hybridized carbons (Fsp3) is 0.333. The highest BCUT2D eigenvalue weighted by atomic mass is 19.1. The largest absolute Gasteiger partial charge is 0.357 e. The lowest BCUT2D eigenvalue weighted by Gasteiger charge is -2.26. The fourth-order valence-corrected chi connectivity index (χ4v) is 2.07. The highest BCUT2D eigenvalue weighted by Crippen LogP contribution is 2.16. The van der Waals surface area contributed by atoms with E-state index in [1.54, 1.807) is 0 Å². The molecule has 1 atom stereocenters. The molecule has 1 aromatic carbocycles. The highest BCUT2D eigenvalue weighted by molar-refractivity contribution is 6.03. The highest BCUT2D eigenvalue weighted by Gasteiger charge is 2.28. The average molecular weight is 308 g/mol. The number of amides is 2. The Hall–Kier alpha value is -2.57. The lowest BCUT2D eigenvalue weighted by Crippen LogP contribution is -2.47. The first-order valence-electron chi connectivity index (χ1n) is 6.64. The van der Waals surface area contributed by atoms with E-state index in [0.717, 1.165) is 11.0 Å². The molecule has 6 nitrogen and oxygen atoms in total. The molecule has 0 aliphatic rings. The van der Waals surface area contributed by atoms with E-state index in [9.17, 15) is 23.6 Å². The first kappa shape index (κ1) is 17.5. The average Bonchev–Trinajstić information content (AvgIpc) is 2.53. The van der Waals surface area contributed by atoms with E-state index in [-0.39, 0.29) is 30.3 Å². The van der Waals surface area contributed by atoms with E-state index in [4.69, 9.17) is 0 Å². The number of halogens is 1. The summed E-state index contributed by atoms with van der Waals surface area (Å²) in [5.74, 6) is -1.92. The van der Waals surface area contributed by atoms with Crippen LogP contribution in [0.25, 0.3) is 0 Å². The first-order valence-corrected chi connectivity index (χ1v) is 6.64. The van der Waals surface area contributed by atoms with Gasteiger partial charge < -0.3 is 15.0 Å². The molecule has 0 bridgehead atoms. The van der Waals surface area contributed by atoms with Crippen molar-refractivity contribution in [2.75, 3.05) is 14.1 Å². The van der Waals surface area contributed by atoms with E-state index in [1.165, 1.54) is 26.2 Å². The molecule has 0 fully saturated rings. The summed E-state index contributed by atoms with van der Waals surface area (Å²) in [7, 11) is 2.78. The van der Waals surface area contributed by atoms with Gasteiger partial charge in [0.15, 0.2) is 6.29 Å². The number of likely N-dealkylation sites (N-methyl/N-ethyl adjacent to an activating group) is 2. The monoisotopic (exact) mass is 308 g/mol. The van der Waals surface area contributed by atoms with Crippen LogP contribution in [0.5, 0.6) is 0 Å². The zero-order valence-corrected chi connectivity index (χ0v) is 12.3. The minimum absolute atomic E-state index is 0.0966. The second-order valence-corrected chi connectivity index (χ2v) is 4.61. The van der Waals surface area contributed by atoms with Crippen molar-refractivity contribution < 1.29 is 23.6 Å². The van der Waals surface area contributed by atoms with Gasteiger partial charge in [-0.15, -0.1) is 0 Å². The van der Waals surface area contributed by atoms with E-state index in [2.05, 4.69) is 5.32 Å². The van der Waals surface area contributed by atoms with Gasteiger partial charge in [-0.2, -0.15) is 0 Å². The molecule has 0 aliphatic heterocycles. The smallest absolute Gasteiger partial charge is 0.255 e. The summed E-state index contributed by atoms with van der Waals surface area (Å²) in [5.41, 5.74) is -0.483. The lowest BCUT2D eigenvalue weighted by molar-refractivity contribution is -0.125. The van der Waals surface area contributed by atoms with Crippen LogP contribution in [0.1, 0.15) is 33.6 Å². The van der Waals surface area contributed by atoms with Crippen LogP contribution in [-0.4, -0.2) is 49.4 Å². The van der Waals surface area contributed by atoms with Crippen LogP contribution >= 0.6 is 0 Å². The molecule has 0 saturated heterocycles.